The molecule has 2 aliphatic rings. The fourth-order valence-electron chi connectivity index (χ4n) is 3.32. The molecule has 1 aliphatic carbocycles. The second-order valence-electron chi connectivity index (χ2n) is 6.24. The minimum atomic E-state index is 0.0527. The van der Waals surface area contributed by atoms with Crippen LogP contribution in [-0.2, 0) is 4.79 Å². The van der Waals surface area contributed by atoms with Gasteiger partial charge in [-0.05, 0) is 37.6 Å². The minimum absolute atomic E-state index is 0.0527. The van der Waals surface area contributed by atoms with Gasteiger partial charge < -0.3 is 10.6 Å². The van der Waals surface area contributed by atoms with Gasteiger partial charge in [0.05, 0.1) is 6.04 Å². The van der Waals surface area contributed by atoms with Gasteiger partial charge in [-0.2, -0.15) is 0 Å². The Balaban J connectivity index is 1.85. The first-order chi connectivity index (χ1) is 8.68. The summed E-state index contributed by atoms with van der Waals surface area (Å²) in [5.41, 5.74) is 0. The third kappa shape index (κ3) is 3.47. The van der Waals surface area contributed by atoms with E-state index in [9.17, 15) is 4.79 Å². The molecule has 3 heteroatoms. The first-order valence-electron chi connectivity index (χ1n) is 7.72. The van der Waals surface area contributed by atoms with Crippen molar-refractivity contribution in [3.05, 3.63) is 0 Å². The fourth-order valence-corrected chi connectivity index (χ4v) is 3.32. The molecule has 0 aromatic rings. The van der Waals surface area contributed by atoms with Gasteiger partial charge >= 0.3 is 0 Å². The molecule has 0 bridgehead atoms. The van der Waals surface area contributed by atoms with Crippen LogP contribution >= 0.6 is 0 Å². The van der Waals surface area contributed by atoms with Crippen LogP contribution in [0.1, 0.15) is 58.8 Å². The SMILES string of the molecule is CC1CCCC(NC(=O)C2CCCCCN2)C1C. The van der Waals surface area contributed by atoms with Crippen molar-refractivity contribution in [1.29, 1.82) is 0 Å². The molecule has 3 nitrogen and oxygen atoms in total. The number of carbonyl (C=O) groups excluding carboxylic acids is 1. The third-order valence-electron chi connectivity index (χ3n) is 4.91. The van der Waals surface area contributed by atoms with Crippen molar-refractivity contribution in [1.82, 2.24) is 10.6 Å². The lowest BCUT2D eigenvalue weighted by atomic mass is 9.78. The normalized spacial score (nSPS) is 37.9. The molecule has 1 amide bonds. The summed E-state index contributed by atoms with van der Waals surface area (Å²) in [6.07, 6.45) is 8.38. The van der Waals surface area contributed by atoms with Crippen LogP contribution < -0.4 is 10.6 Å². The van der Waals surface area contributed by atoms with Gasteiger partial charge in [-0.15, -0.1) is 0 Å². The molecule has 104 valence electrons. The molecule has 0 spiro atoms. The fraction of sp³-hybridized carbons (Fsp3) is 0.933. The minimum Gasteiger partial charge on any atom is -0.352 e. The number of hydrogen-bond acceptors (Lipinski definition) is 2. The number of rotatable bonds is 2. The van der Waals surface area contributed by atoms with Crippen LogP contribution in [0.25, 0.3) is 0 Å². The van der Waals surface area contributed by atoms with Gasteiger partial charge in [0.1, 0.15) is 0 Å². The Morgan fingerprint density at radius 1 is 1.06 bits per heavy atom. The standard InChI is InChI=1S/C15H28N2O/c1-11-7-6-9-13(12(11)2)17-15(18)14-8-4-3-5-10-16-14/h11-14,16H,3-10H2,1-2H3,(H,17,18). The van der Waals surface area contributed by atoms with Crippen molar-refractivity contribution in [3.63, 3.8) is 0 Å². The molecule has 0 aromatic heterocycles. The topological polar surface area (TPSA) is 41.1 Å². The molecule has 1 saturated carbocycles. The Morgan fingerprint density at radius 2 is 1.89 bits per heavy atom. The van der Waals surface area contributed by atoms with E-state index >= 15 is 0 Å². The van der Waals surface area contributed by atoms with Gasteiger partial charge in [-0.3, -0.25) is 4.79 Å². The van der Waals surface area contributed by atoms with E-state index in [1.807, 2.05) is 0 Å². The van der Waals surface area contributed by atoms with E-state index in [4.69, 9.17) is 0 Å². The van der Waals surface area contributed by atoms with Crippen LogP contribution in [0, 0.1) is 11.8 Å². The summed E-state index contributed by atoms with van der Waals surface area (Å²) in [7, 11) is 0. The first kappa shape index (κ1) is 13.9. The van der Waals surface area contributed by atoms with E-state index in [2.05, 4.69) is 24.5 Å². The van der Waals surface area contributed by atoms with Crippen molar-refractivity contribution in [2.75, 3.05) is 6.54 Å². The summed E-state index contributed by atoms with van der Waals surface area (Å²) < 4.78 is 0. The Hall–Kier alpha value is -0.570. The van der Waals surface area contributed by atoms with Crippen LogP contribution in [0.5, 0.6) is 0 Å². The smallest absolute Gasteiger partial charge is 0.237 e. The molecule has 4 atom stereocenters. The monoisotopic (exact) mass is 252 g/mol. The molecule has 1 aliphatic heterocycles. The number of hydrogen-bond donors (Lipinski definition) is 2. The highest BCUT2D eigenvalue weighted by Crippen LogP contribution is 2.29. The molecule has 0 aromatic carbocycles. The Kier molecular flexibility index (Phi) is 5.04. The van der Waals surface area contributed by atoms with Crippen LogP contribution in [0.4, 0.5) is 0 Å². The van der Waals surface area contributed by atoms with Gasteiger partial charge in [0.25, 0.3) is 0 Å². The van der Waals surface area contributed by atoms with Crippen LogP contribution in [-0.4, -0.2) is 24.5 Å². The molecule has 18 heavy (non-hydrogen) atoms. The van der Waals surface area contributed by atoms with Gasteiger partial charge in [-0.1, -0.05) is 39.5 Å². The number of amides is 1. The zero-order valence-electron chi connectivity index (χ0n) is 11.9. The molecule has 4 unspecified atom stereocenters. The van der Waals surface area contributed by atoms with Crippen molar-refractivity contribution in [3.8, 4) is 0 Å². The average molecular weight is 252 g/mol. The molecule has 2 rings (SSSR count). The van der Waals surface area contributed by atoms with Crippen molar-refractivity contribution < 1.29 is 4.79 Å². The summed E-state index contributed by atoms with van der Waals surface area (Å²) in [5, 5.41) is 6.68. The number of nitrogens with one attached hydrogen (secondary N) is 2. The van der Waals surface area contributed by atoms with Gasteiger partial charge in [0.15, 0.2) is 0 Å². The maximum Gasteiger partial charge on any atom is 0.237 e. The van der Waals surface area contributed by atoms with E-state index in [1.165, 1.54) is 32.1 Å². The largest absolute Gasteiger partial charge is 0.352 e. The lowest BCUT2D eigenvalue weighted by Crippen LogP contribution is -2.51. The third-order valence-corrected chi connectivity index (χ3v) is 4.91. The highest BCUT2D eigenvalue weighted by atomic mass is 16.2. The van der Waals surface area contributed by atoms with Crippen molar-refractivity contribution in [2.24, 2.45) is 11.8 Å². The Morgan fingerprint density at radius 3 is 2.72 bits per heavy atom. The lowest BCUT2D eigenvalue weighted by molar-refractivity contribution is -0.124. The summed E-state index contributed by atoms with van der Waals surface area (Å²) in [5.74, 6) is 1.60. The molecule has 1 saturated heterocycles. The quantitative estimate of drug-likeness (QED) is 0.792. The summed E-state index contributed by atoms with van der Waals surface area (Å²) in [6.45, 7) is 5.59. The maximum atomic E-state index is 12.3. The van der Waals surface area contributed by atoms with Crippen molar-refractivity contribution >= 4 is 5.91 Å². The molecule has 0 radical (unpaired) electrons. The average Bonchev–Trinajstić information content (AvgIpc) is 2.63. The lowest BCUT2D eigenvalue weighted by Gasteiger charge is -2.35. The van der Waals surface area contributed by atoms with Crippen LogP contribution in [0.2, 0.25) is 0 Å². The molecule has 2 fully saturated rings. The Bertz CT molecular complexity index is 272. The second kappa shape index (κ2) is 6.55. The zero-order chi connectivity index (χ0) is 13.0. The molecular formula is C15H28N2O. The summed E-state index contributed by atoms with van der Waals surface area (Å²) >= 11 is 0. The Labute approximate surface area is 111 Å². The first-order valence-corrected chi connectivity index (χ1v) is 7.72. The maximum absolute atomic E-state index is 12.3. The van der Waals surface area contributed by atoms with E-state index in [0.29, 0.717) is 12.0 Å². The number of carbonyl (C=O) groups is 1. The predicted molar refractivity (Wildman–Crippen MR) is 74.4 cm³/mol. The van der Waals surface area contributed by atoms with Gasteiger partial charge in [-0.25, -0.2) is 0 Å². The van der Waals surface area contributed by atoms with E-state index in [1.54, 1.807) is 0 Å². The highest BCUT2D eigenvalue weighted by Gasteiger charge is 2.30. The zero-order valence-corrected chi connectivity index (χ0v) is 11.9. The molecule has 1 heterocycles. The van der Waals surface area contributed by atoms with Crippen LogP contribution in [0.15, 0.2) is 0 Å². The van der Waals surface area contributed by atoms with E-state index < -0.39 is 0 Å². The highest BCUT2D eigenvalue weighted by molar-refractivity contribution is 5.82. The van der Waals surface area contributed by atoms with E-state index in [-0.39, 0.29) is 11.9 Å². The predicted octanol–water partition coefficient (Wildman–Crippen LogP) is 2.46. The van der Waals surface area contributed by atoms with Crippen molar-refractivity contribution in [2.45, 2.75) is 70.9 Å². The van der Waals surface area contributed by atoms with Gasteiger partial charge in [0.2, 0.25) is 5.91 Å². The molecular weight excluding hydrogens is 224 g/mol. The summed E-state index contributed by atoms with van der Waals surface area (Å²) in [4.78, 5) is 12.3. The van der Waals surface area contributed by atoms with Crippen LogP contribution in [0.3, 0.4) is 0 Å². The van der Waals surface area contributed by atoms with Gasteiger partial charge in [0, 0.05) is 6.04 Å². The summed E-state index contributed by atoms with van der Waals surface area (Å²) in [6, 6.07) is 0.447. The van der Waals surface area contributed by atoms with E-state index in [0.717, 1.165) is 25.3 Å². The second-order valence-corrected chi connectivity index (χ2v) is 6.24. The molecule has 2 N–H and O–H groups in total.